The number of aliphatic imine (C=N–C) groups is 1. The molecule has 0 aromatic carbocycles. The number of aromatic nitrogens is 1. The predicted octanol–water partition coefficient (Wildman–Crippen LogP) is 1.80. The Morgan fingerprint density at radius 1 is 1.56 bits per heavy atom. The van der Waals surface area contributed by atoms with E-state index in [9.17, 15) is 0 Å². The van der Waals surface area contributed by atoms with Crippen molar-refractivity contribution in [1.29, 1.82) is 0 Å². The number of hydrogen-bond acceptors (Lipinski definition) is 2. The first-order valence-electron chi connectivity index (χ1n) is 2.83. The van der Waals surface area contributed by atoms with E-state index < -0.39 is 0 Å². The second-order valence-electron chi connectivity index (χ2n) is 1.58. The van der Waals surface area contributed by atoms with Gasteiger partial charge in [0.1, 0.15) is 0 Å². The van der Waals surface area contributed by atoms with Crippen LogP contribution in [0.15, 0.2) is 29.4 Å². The summed E-state index contributed by atoms with van der Waals surface area (Å²) in [5.74, 6) is 0.764. The van der Waals surface area contributed by atoms with Crippen molar-refractivity contribution in [2.75, 3.05) is 0 Å². The van der Waals surface area contributed by atoms with Crippen molar-refractivity contribution in [3.05, 3.63) is 24.4 Å². The molecule has 2 heteroatoms. The maximum absolute atomic E-state index is 3.97. The van der Waals surface area contributed by atoms with Gasteiger partial charge in [-0.2, -0.15) is 0 Å². The van der Waals surface area contributed by atoms with E-state index in [0.717, 1.165) is 5.82 Å². The van der Waals surface area contributed by atoms with E-state index >= 15 is 0 Å². The Kier molecular flexibility index (Phi) is 1.96. The van der Waals surface area contributed by atoms with Gasteiger partial charge in [-0.05, 0) is 19.1 Å². The van der Waals surface area contributed by atoms with Crippen molar-refractivity contribution in [3.8, 4) is 0 Å². The van der Waals surface area contributed by atoms with Crippen LogP contribution in [0.5, 0.6) is 0 Å². The lowest BCUT2D eigenvalue weighted by molar-refractivity contribution is 1.28. The molecular weight excluding hydrogens is 112 g/mol. The van der Waals surface area contributed by atoms with Gasteiger partial charge in [-0.3, -0.25) is 0 Å². The molecule has 0 fully saturated rings. The van der Waals surface area contributed by atoms with Gasteiger partial charge in [0, 0.05) is 12.4 Å². The summed E-state index contributed by atoms with van der Waals surface area (Å²) in [6.07, 6.45) is 3.45. The monoisotopic (exact) mass is 120 g/mol. The maximum Gasteiger partial charge on any atom is 0.151 e. The number of rotatable bonds is 1. The fourth-order valence-corrected chi connectivity index (χ4v) is 0.562. The second-order valence-corrected chi connectivity index (χ2v) is 1.58. The van der Waals surface area contributed by atoms with Gasteiger partial charge in [-0.15, -0.1) is 0 Å². The molecule has 0 atom stereocenters. The van der Waals surface area contributed by atoms with Gasteiger partial charge in [0.05, 0.1) is 0 Å². The van der Waals surface area contributed by atoms with Crippen LogP contribution in [0.2, 0.25) is 0 Å². The minimum atomic E-state index is 0.764. The average Bonchev–Trinajstić information content (AvgIpc) is 1.91. The van der Waals surface area contributed by atoms with Crippen LogP contribution in [0.3, 0.4) is 0 Å². The van der Waals surface area contributed by atoms with Crippen LogP contribution >= 0.6 is 0 Å². The summed E-state index contributed by atoms with van der Waals surface area (Å²) >= 11 is 0. The molecule has 46 valence electrons. The van der Waals surface area contributed by atoms with Crippen LogP contribution in [0.4, 0.5) is 5.82 Å². The minimum Gasteiger partial charge on any atom is -0.242 e. The van der Waals surface area contributed by atoms with Crippen LogP contribution in [0, 0.1) is 0 Å². The summed E-state index contributed by atoms with van der Waals surface area (Å²) in [6.45, 7) is 1.87. The topological polar surface area (TPSA) is 25.2 Å². The second kappa shape index (κ2) is 2.97. The van der Waals surface area contributed by atoms with E-state index in [1.165, 1.54) is 0 Å². The maximum atomic E-state index is 3.97. The summed E-state index contributed by atoms with van der Waals surface area (Å²) in [5, 5.41) is 0. The first-order chi connectivity index (χ1) is 4.43. The van der Waals surface area contributed by atoms with Crippen molar-refractivity contribution < 1.29 is 0 Å². The zero-order chi connectivity index (χ0) is 6.53. The van der Waals surface area contributed by atoms with Crippen LogP contribution in [0.1, 0.15) is 6.92 Å². The van der Waals surface area contributed by atoms with Gasteiger partial charge >= 0.3 is 0 Å². The van der Waals surface area contributed by atoms with Crippen molar-refractivity contribution in [2.24, 2.45) is 4.99 Å². The quantitative estimate of drug-likeness (QED) is 0.519. The van der Waals surface area contributed by atoms with Gasteiger partial charge in [-0.1, -0.05) is 6.07 Å². The van der Waals surface area contributed by atoms with Crippen molar-refractivity contribution in [1.82, 2.24) is 4.98 Å². The molecule has 0 bridgehead atoms. The molecular formula is C7H8N2. The lowest BCUT2D eigenvalue weighted by atomic mass is 10.5. The zero-order valence-corrected chi connectivity index (χ0v) is 5.28. The third-order valence-corrected chi connectivity index (χ3v) is 0.911. The lowest BCUT2D eigenvalue weighted by Crippen LogP contribution is -1.69. The molecule has 0 unspecified atom stereocenters. The smallest absolute Gasteiger partial charge is 0.151 e. The molecule has 0 spiro atoms. The number of nitrogens with zero attached hydrogens (tertiary/aromatic N) is 2. The molecule has 0 aliphatic carbocycles. The van der Waals surface area contributed by atoms with Crippen LogP contribution < -0.4 is 0 Å². The van der Waals surface area contributed by atoms with E-state index in [-0.39, 0.29) is 0 Å². The van der Waals surface area contributed by atoms with E-state index in [0.29, 0.717) is 0 Å². The Labute approximate surface area is 54.3 Å². The molecule has 1 aromatic rings. The Morgan fingerprint density at radius 3 is 3.00 bits per heavy atom. The average molecular weight is 120 g/mol. The fourth-order valence-electron chi connectivity index (χ4n) is 0.562. The summed E-state index contributed by atoms with van der Waals surface area (Å²) < 4.78 is 0. The molecule has 0 amide bonds. The molecule has 0 N–H and O–H groups in total. The third-order valence-electron chi connectivity index (χ3n) is 0.911. The summed E-state index contributed by atoms with van der Waals surface area (Å²) in [4.78, 5) is 7.94. The predicted molar refractivity (Wildman–Crippen MR) is 38.1 cm³/mol. The molecule has 0 aliphatic rings. The van der Waals surface area contributed by atoms with Crippen LogP contribution in [0.25, 0.3) is 0 Å². The van der Waals surface area contributed by atoms with Gasteiger partial charge < -0.3 is 0 Å². The van der Waals surface area contributed by atoms with Crippen LogP contribution in [-0.2, 0) is 0 Å². The van der Waals surface area contributed by atoms with Crippen molar-refractivity contribution in [3.63, 3.8) is 0 Å². The van der Waals surface area contributed by atoms with Gasteiger partial charge in [-0.25, -0.2) is 9.98 Å². The Bertz CT molecular complexity index is 191. The molecule has 9 heavy (non-hydrogen) atoms. The standard InChI is InChI=1S/C7H8N2/c1-2-8-7-5-3-4-6-9-7/h2-6H,1H3/b8-2+. The molecule has 0 aliphatic heterocycles. The first-order valence-corrected chi connectivity index (χ1v) is 2.83. The van der Waals surface area contributed by atoms with Gasteiger partial charge in [0.25, 0.3) is 0 Å². The van der Waals surface area contributed by atoms with E-state index in [1.54, 1.807) is 12.4 Å². The minimum absolute atomic E-state index is 0.764. The summed E-state index contributed by atoms with van der Waals surface area (Å²) in [5.41, 5.74) is 0. The molecule has 2 nitrogen and oxygen atoms in total. The van der Waals surface area contributed by atoms with E-state index in [1.807, 2.05) is 25.1 Å². The normalized spacial score (nSPS) is 10.3. The summed E-state index contributed by atoms with van der Waals surface area (Å²) in [7, 11) is 0. The lowest BCUT2D eigenvalue weighted by Gasteiger charge is -1.85. The van der Waals surface area contributed by atoms with E-state index in [2.05, 4.69) is 9.98 Å². The molecule has 0 radical (unpaired) electrons. The molecule has 1 rings (SSSR count). The highest BCUT2D eigenvalue weighted by atomic mass is 14.9. The third kappa shape index (κ3) is 1.64. The molecule has 1 aromatic heterocycles. The van der Waals surface area contributed by atoms with Gasteiger partial charge in [0.2, 0.25) is 0 Å². The number of hydrogen-bond donors (Lipinski definition) is 0. The van der Waals surface area contributed by atoms with Crippen molar-refractivity contribution >= 4 is 12.0 Å². The Balaban J connectivity index is 2.85. The van der Waals surface area contributed by atoms with Crippen molar-refractivity contribution in [2.45, 2.75) is 6.92 Å². The fraction of sp³-hybridized carbons (Fsp3) is 0.143. The largest absolute Gasteiger partial charge is 0.242 e. The molecule has 0 saturated heterocycles. The first kappa shape index (κ1) is 5.95. The summed E-state index contributed by atoms with van der Waals surface area (Å²) in [6, 6.07) is 5.64. The molecule has 1 heterocycles. The zero-order valence-electron chi connectivity index (χ0n) is 5.28. The molecule has 0 saturated carbocycles. The highest BCUT2D eigenvalue weighted by Gasteiger charge is 1.80. The van der Waals surface area contributed by atoms with Gasteiger partial charge in [0.15, 0.2) is 5.82 Å². The Hall–Kier alpha value is -1.18. The van der Waals surface area contributed by atoms with E-state index in [4.69, 9.17) is 0 Å². The highest BCUT2D eigenvalue weighted by Crippen LogP contribution is 2.02. The SMILES string of the molecule is C/C=N/c1ccccn1. The highest BCUT2D eigenvalue weighted by molar-refractivity contribution is 5.58. The van der Waals surface area contributed by atoms with Crippen LogP contribution in [-0.4, -0.2) is 11.2 Å². The Morgan fingerprint density at radius 2 is 2.44 bits per heavy atom. The number of pyridine rings is 1.